The Morgan fingerprint density at radius 3 is 2.88 bits per heavy atom. The summed E-state index contributed by atoms with van der Waals surface area (Å²) in [6.07, 6.45) is 1.94. The van der Waals surface area contributed by atoms with Crippen molar-refractivity contribution in [2.75, 3.05) is 0 Å². The minimum atomic E-state index is -0.0400. The lowest BCUT2D eigenvalue weighted by atomic mass is 10.5. The number of hydrogen-bond acceptors (Lipinski definition) is 3. The third kappa shape index (κ3) is 0.804. The Kier molecular flexibility index (Phi) is 1.20. The van der Waals surface area contributed by atoms with Gasteiger partial charge in [0.2, 0.25) is 5.88 Å². The summed E-state index contributed by atoms with van der Waals surface area (Å²) in [5.74, 6) is 0.532. The maximum absolute atomic E-state index is 8.58. The lowest BCUT2D eigenvalue weighted by Crippen LogP contribution is -1.74. The van der Waals surface area contributed by atoms with Gasteiger partial charge in [-0.15, -0.1) is 0 Å². The van der Waals surface area contributed by atoms with Crippen molar-refractivity contribution >= 4 is 0 Å². The maximum Gasteiger partial charge on any atom is 0.250 e. The van der Waals surface area contributed by atoms with Crippen molar-refractivity contribution < 1.29 is 9.52 Å². The number of hydrogen-bond donors (Lipinski definition) is 1. The van der Waals surface area contributed by atoms with E-state index in [0.717, 1.165) is 6.42 Å². The molecule has 0 aromatic carbocycles. The number of aromatic nitrogens is 1. The first kappa shape index (κ1) is 5.15. The first-order chi connectivity index (χ1) is 3.83. The molecule has 0 saturated carbocycles. The largest absolute Gasteiger partial charge is 0.491 e. The molecule has 0 radical (unpaired) electrons. The van der Waals surface area contributed by atoms with Crippen LogP contribution in [-0.2, 0) is 6.42 Å². The Balaban J connectivity index is 2.84. The second-order valence-corrected chi connectivity index (χ2v) is 1.45. The van der Waals surface area contributed by atoms with Gasteiger partial charge in [0.05, 0.1) is 0 Å². The quantitative estimate of drug-likeness (QED) is 0.589. The first-order valence-electron chi connectivity index (χ1n) is 2.46. The van der Waals surface area contributed by atoms with Crippen LogP contribution in [0.15, 0.2) is 10.7 Å². The Hall–Kier alpha value is -0.990. The van der Waals surface area contributed by atoms with E-state index in [9.17, 15) is 0 Å². The molecule has 0 aliphatic rings. The molecule has 1 aromatic rings. The predicted octanol–water partition coefficient (Wildman–Crippen LogP) is 0.943. The van der Waals surface area contributed by atoms with Crippen LogP contribution in [0.4, 0.5) is 0 Å². The summed E-state index contributed by atoms with van der Waals surface area (Å²) >= 11 is 0. The van der Waals surface area contributed by atoms with Gasteiger partial charge in [-0.2, -0.15) is 4.98 Å². The Labute approximate surface area is 47.0 Å². The summed E-state index contributed by atoms with van der Waals surface area (Å²) in [7, 11) is 0. The standard InChI is InChI=1S/C5H7NO2/c1-2-5-6-4(7)3-8-5/h3,7H,2H2,1H3. The van der Waals surface area contributed by atoms with Crippen LogP contribution in [0.2, 0.25) is 0 Å². The Morgan fingerprint density at radius 2 is 2.62 bits per heavy atom. The molecular formula is C5H7NO2. The fourth-order valence-corrected chi connectivity index (χ4v) is 0.464. The summed E-state index contributed by atoms with van der Waals surface area (Å²) < 4.78 is 4.75. The summed E-state index contributed by atoms with van der Waals surface area (Å²) in [6.45, 7) is 1.91. The van der Waals surface area contributed by atoms with Crippen LogP contribution >= 0.6 is 0 Å². The number of aryl methyl sites for hydroxylation is 1. The van der Waals surface area contributed by atoms with Crippen molar-refractivity contribution in [3.8, 4) is 5.88 Å². The molecule has 3 heteroatoms. The molecule has 8 heavy (non-hydrogen) atoms. The molecule has 0 fully saturated rings. The van der Waals surface area contributed by atoms with Crippen LogP contribution in [0.3, 0.4) is 0 Å². The SMILES string of the molecule is CCc1nc(O)co1. The summed E-state index contributed by atoms with van der Waals surface area (Å²) in [4.78, 5) is 3.62. The Bertz CT molecular complexity index is 171. The molecule has 1 aromatic heterocycles. The van der Waals surface area contributed by atoms with E-state index in [-0.39, 0.29) is 5.88 Å². The second-order valence-electron chi connectivity index (χ2n) is 1.45. The van der Waals surface area contributed by atoms with Gasteiger partial charge in [-0.25, -0.2) is 0 Å². The van der Waals surface area contributed by atoms with Crippen LogP contribution in [0, 0.1) is 0 Å². The van der Waals surface area contributed by atoms with Crippen LogP contribution in [0.5, 0.6) is 5.88 Å². The highest BCUT2D eigenvalue weighted by Crippen LogP contribution is 2.06. The van der Waals surface area contributed by atoms with Gasteiger partial charge in [-0.3, -0.25) is 0 Å². The third-order valence-corrected chi connectivity index (χ3v) is 0.842. The highest BCUT2D eigenvalue weighted by atomic mass is 16.4. The highest BCUT2D eigenvalue weighted by Gasteiger charge is 1.95. The number of rotatable bonds is 1. The van der Waals surface area contributed by atoms with Crippen molar-refractivity contribution in [2.24, 2.45) is 0 Å². The zero-order chi connectivity index (χ0) is 5.98. The van der Waals surface area contributed by atoms with Crippen LogP contribution in [-0.4, -0.2) is 10.1 Å². The molecule has 0 bridgehead atoms. The van der Waals surface area contributed by atoms with Gasteiger partial charge in [0.25, 0.3) is 0 Å². The van der Waals surface area contributed by atoms with Crippen LogP contribution < -0.4 is 0 Å². The molecule has 0 unspecified atom stereocenters. The molecule has 44 valence electrons. The summed E-state index contributed by atoms with van der Waals surface area (Å²) in [6, 6.07) is 0. The van der Waals surface area contributed by atoms with E-state index in [1.807, 2.05) is 6.92 Å². The maximum atomic E-state index is 8.58. The van der Waals surface area contributed by atoms with E-state index < -0.39 is 0 Å². The monoisotopic (exact) mass is 113 g/mol. The normalized spacial score (nSPS) is 9.62. The van der Waals surface area contributed by atoms with Gasteiger partial charge in [-0.1, -0.05) is 6.92 Å². The summed E-state index contributed by atoms with van der Waals surface area (Å²) in [5.41, 5.74) is 0. The van der Waals surface area contributed by atoms with E-state index in [2.05, 4.69) is 4.98 Å². The van der Waals surface area contributed by atoms with Gasteiger partial charge in [0.1, 0.15) is 0 Å². The minimum Gasteiger partial charge on any atom is -0.491 e. The first-order valence-corrected chi connectivity index (χ1v) is 2.46. The van der Waals surface area contributed by atoms with Crippen molar-refractivity contribution in [1.29, 1.82) is 0 Å². The molecule has 0 aliphatic heterocycles. The van der Waals surface area contributed by atoms with Crippen molar-refractivity contribution in [1.82, 2.24) is 4.98 Å². The van der Waals surface area contributed by atoms with E-state index in [1.165, 1.54) is 6.26 Å². The molecule has 0 amide bonds. The second kappa shape index (κ2) is 1.86. The van der Waals surface area contributed by atoms with Crippen molar-refractivity contribution in [3.63, 3.8) is 0 Å². The lowest BCUT2D eigenvalue weighted by molar-refractivity contribution is 0.446. The van der Waals surface area contributed by atoms with Gasteiger partial charge in [0.15, 0.2) is 12.2 Å². The number of nitrogens with zero attached hydrogens (tertiary/aromatic N) is 1. The molecule has 3 nitrogen and oxygen atoms in total. The fraction of sp³-hybridized carbons (Fsp3) is 0.400. The van der Waals surface area contributed by atoms with Crippen molar-refractivity contribution in [3.05, 3.63) is 12.2 Å². The summed E-state index contributed by atoms with van der Waals surface area (Å²) in [5, 5.41) is 8.58. The average molecular weight is 113 g/mol. The molecule has 1 rings (SSSR count). The fourth-order valence-electron chi connectivity index (χ4n) is 0.464. The molecule has 1 heterocycles. The van der Waals surface area contributed by atoms with E-state index in [1.54, 1.807) is 0 Å². The van der Waals surface area contributed by atoms with Gasteiger partial charge in [-0.05, 0) is 0 Å². The molecule has 0 spiro atoms. The highest BCUT2D eigenvalue weighted by molar-refractivity contribution is 4.99. The number of oxazole rings is 1. The smallest absolute Gasteiger partial charge is 0.250 e. The topological polar surface area (TPSA) is 46.3 Å². The zero-order valence-electron chi connectivity index (χ0n) is 4.59. The van der Waals surface area contributed by atoms with Crippen molar-refractivity contribution in [2.45, 2.75) is 13.3 Å². The van der Waals surface area contributed by atoms with E-state index >= 15 is 0 Å². The Morgan fingerprint density at radius 1 is 1.88 bits per heavy atom. The van der Waals surface area contributed by atoms with Gasteiger partial charge >= 0.3 is 0 Å². The van der Waals surface area contributed by atoms with E-state index in [0.29, 0.717) is 5.89 Å². The molecule has 0 saturated heterocycles. The minimum absolute atomic E-state index is 0.0400. The van der Waals surface area contributed by atoms with Gasteiger partial charge < -0.3 is 9.52 Å². The zero-order valence-corrected chi connectivity index (χ0v) is 4.59. The molecule has 1 N–H and O–H groups in total. The van der Waals surface area contributed by atoms with Crippen LogP contribution in [0.1, 0.15) is 12.8 Å². The predicted molar refractivity (Wildman–Crippen MR) is 27.5 cm³/mol. The lowest BCUT2D eigenvalue weighted by Gasteiger charge is -1.77. The molecular weight excluding hydrogens is 106 g/mol. The van der Waals surface area contributed by atoms with E-state index in [4.69, 9.17) is 9.52 Å². The number of aromatic hydroxyl groups is 1. The third-order valence-electron chi connectivity index (χ3n) is 0.842. The van der Waals surface area contributed by atoms with Gasteiger partial charge in [0, 0.05) is 6.42 Å². The molecule has 0 aliphatic carbocycles. The average Bonchev–Trinajstić information content (AvgIpc) is 2.14. The van der Waals surface area contributed by atoms with Crippen LogP contribution in [0.25, 0.3) is 0 Å². The molecule has 0 atom stereocenters.